The van der Waals surface area contributed by atoms with Gasteiger partial charge in [-0.05, 0) is 88.5 Å². The fraction of sp³-hybridized carbons (Fsp3) is 0.0351. The van der Waals surface area contributed by atoms with Crippen molar-refractivity contribution in [2.75, 3.05) is 5.32 Å². The number of para-hydroxylation sites is 2. The lowest BCUT2D eigenvalue weighted by Gasteiger charge is -2.25. The van der Waals surface area contributed by atoms with Crippen molar-refractivity contribution < 1.29 is 0 Å². The van der Waals surface area contributed by atoms with Gasteiger partial charge >= 0.3 is 0 Å². The van der Waals surface area contributed by atoms with Crippen LogP contribution < -0.4 is 10.6 Å². The Kier molecular flexibility index (Phi) is 8.85. The third-order valence-corrected chi connectivity index (χ3v) is 12.3. The van der Waals surface area contributed by atoms with Gasteiger partial charge in [0.2, 0.25) is 0 Å². The zero-order chi connectivity index (χ0) is 41.7. The lowest BCUT2D eigenvalue weighted by molar-refractivity contribution is 0.780. The van der Waals surface area contributed by atoms with Gasteiger partial charge in [0, 0.05) is 44.9 Å². The zero-order valence-electron chi connectivity index (χ0n) is 34.2. The molecule has 0 spiro atoms. The van der Waals surface area contributed by atoms with Crippen LogP contribution in [0.15, 0.2) is 217 Å². The maximum atomic E-state index is 5.19. The van der Waals surface area contributed by atoms with E-state index in [1.54, 1.807) is 0 Å². The Hall–Kier alpha value is -8.35. The number of nitrogens with zero attached hydrogens (tertiary/aromatic N) is 4. The summed E-state index contributed by atoms with van der Waals surface area (Å²) in [7, 11) is 0. The number of aromatic nitrogens is 3. The first kappa shape index (κ1) is 36.5. The highest BCUT2D eigenvalue weighted by Crippen LogP contribution is 2.36. The van der Waals surface area contributed by atoms with Crippen LogP contribution in [0.5, 0.6) is 0 Å². The predicted molar refractivity (Wildman–Crippen MR) is 260 cm³/mol. The molecule has 0 amide bonds. The van der Waals surface area contributed by atoms with Gasteiger partial charge in [-0.15, -0.1) is 0 Å². The van der Waals surface area contributed by atoms with Crippen molar-refractivity contribution in [1.82, 2.24) is 19.9 Å². The van der Waals surface area contributed by atoms with Crippen LogP contribution in [-0.2, 0) is 0 Å². The second-order valence-corrected chi connectivity index (χ2v) is 16.2. The molecule has 2 aliphatic rings. The third kappa shape index (κ3) is 6.75. The Bertz CT molecular complexity index is 3380. The summed E-state index contributed by atoms with van der Waals surface area (Å²) in [5, 5.41) is 11.0. The molecule has 3 aromatic heterocycles. The summed E-state index contributed by atoms with van der Waals surface area (Å²) >= 11 is 0. The highest BCUT2D eigenvalue weighted by molar-refractivity contribution is 6.09. The van der Waals surface area contributed by atoms with E-state index in [1.165, 1.54) is 21.8 Å². The van der Waals surface area contributed by atoms with Gasteiger partial charge in [-0.3, -0.25) is 4.98 Å². The van der Waals surface area contributed by atoms with Crippen LogP contribution in [0, 0.1) is 0 Å². The molecule has 0 saturated heterocycles. The number of anilines is 1. The molecule has 0 radical (unpaired) electrons. The summed E-state index contributed by atoms with van der Waals surface area (Å²) < 4.78 is 2.36. The number of rotatable bonds is 7. The minimum absolute atomic E-state index is 0.0222. The smallest absolute Gasteiger partial charge is 0.134 e. The number of pyridine rings is 2. The highest BCUT2D eigenvalue weighted by atomic mass is 15.1. The van der Waals surface area contributed by atoms with Crippen LogP contribution in [0.3, 0.4) is 0 Å². The quantitative estimate of drug-likeness (QED) is 0.168. The van der Waals surface area contributed by atoms with Crippen molar-refractivity contribution in [2.24, 2.45) is 4.99 Å². The molecule has 0 aliphatic carbocycles. The second-order valence-electron chi connectivity index (χ2n) is 16.2. The van der Waals surface area contributed by atoms with Crippen molar-refractivity contribution in [3.63, 3.8) is 0 Å². The van der Waals surface area contributed by atoms with E-state index in [9.17, 15) is 0 Å². The molecule has 2 N–H and O–H groups in total. The monoisotopic (exact) mass is 808 g/mol. The van der Waals surface area contributed by atoms with E-state index in [4.69, 9.17) is 9.98 Å². The van der Waals surface area contributed by atoms with Crippen LogP contribution >= 0.6 is 0 Å². The Morgan fingerprint density at radius 3 is 1.98 bits per heavy atom. The number of benzene rings is 7. The molecule has 12 rings (SSSR count). The molecule has 2 unspecified atom stereocenters. The summed E-state index contributed by atoms with van der Waals surface area (Å²) in [6.45, 7) is 0. The number of nitrogens with one attached hydrogen (secondary N) is 2. The van der Waals surface area contributed by atoms with Crippen LogP contribution in [0.4, 0.5) is 5.69 Å². The molecule has 63 heavy (non-hydrogen) atoms. The summed E-state index contributed by atoms with van der Waals surface area (Å²) in [6.07, 6.45) is 8.41. The predicted octanol–water partition coefficient (Wildman–Crippen LogP) is 13.4. The molecular formula is C57H40N6. The average Bonchev–Trinajstić information content (AvgIpc) is 3.70. The van der Waals surface area contributed by atoms with Crippen LogP contribution in [0.25, 0.3) is 72.6 Å². The van der Waals surface area contributed by atoms with E-state index in [0.29, 0.717) is 0 Å². The number of fused-ring (bicyclic) bond motifs is 5. The van der Waals surface area contributed by atoms with Gasteiger partial charge in [0.1, 0.15) is 5.84 Å². The molecule has 298 valence electrons. The number of hydrogen-bond acceptors (Lipinski definition) is 5. The SMILES string of the molecule is C1=CC(c2ccccn2)Nc2cc(-c3ccc4ccc(-c5ccc(C6=CC(c7ccc(-n8c9ccccc9c9ccccc98)cc7)NC(c7ccccc7)=N6)cc5)cc4n3)ccc21. The summed E-state index contributed by atoms with van der Waals surface area (Å²) in [5.74, 6) is 0.851. The van der Waals surface area contributed by atoms with Crippen LogP contribution in [-0.4, -0.2) is 20.4 Å². The average molecular weight is 809 g/mol. The first-order valence-corrected chi connectivity index (χ1v) is 21.4. The zero-order valence-corrected chi connectivity index (χ0v) is 34.2. The fourth-order valence-electron chi connectivity index (χ4n) is 9.08. The lowest BCUT2D eigenvalue weighted by atomic mass is 9.97. The minimum Gasteiger partial charge on any atom is -0.373 e. The molecule has 6 nitrogen and oxygen atoms in total. The largest absolute Gasteiger partial charge is 0.373 e. The molecule has 2 atom stereocenters. The van der Waals surface area contributed by atoms with E-state index in [-0.39, 0.29) is 12.1 Å². The summed E-state index contributed by atoms with van der Waals surface area (Å²) in [5.41, 5.74) is 16.2. The Balaban J connectivity index is 0.837. The van der Waals surface area contributed by atoms with E-state index >= 15 is 0 Å². The molecule has 7 aromatic carbocycles. The van der Waals surface area contributed by atoms with Gasteiger partial charge in [0.25, 0.3) is 0 Å². The molecule has 0 saturated carbocycles. The molecule has 0 bridgehead atoms. The van der Waals surface area contributed by atoms with Crippen LogP contribution in [0.2, 0.25) is 0 Å². The molecular weight excluding hydrogens is 769 g/mol. The van der Waals surface area contributed by atoms with E-state index < -0.39 is 0 Å². The van der Waals surface area contributed by atoms with Crippen molar-refractivity contribution in [3.05, 3.63) is 240 Å². The number of aliphatic imine (C=N–C) groups is 1. The second kappa shape index (κ2) is 15.3. The lowest BCUT2D eigenvalue weighted by Crippen LogP contribution is -2.31. The van der Waals surface area contributed by atoms with Crippen molar-refractivity contribution in [2.45, 2.75) is 12.1 Å². The third-order valence-electron chi connectivity index (χ3n) is 12.3. The molecule has 6 heteroatoms. The van der Waals surface area contributed by atoms with E-state index in [0.717, 1.165) is 84.1 Å². The van der Waals surface area contributed by atoms with Crippen molar-refractivity contribution >= 4 is 56.0 Å². The summed E-state index contributed by atoms with van der Waals surface area (Å²) in [6, 6.07) is 68.6. The van der Waals surface area contributed by atoms with Gasteiger partial charge in [0.15, 0.2) is 0 Å². The molecule has 0 fully saturated rings. The van der Waals surface area contributed by atoms with E-state index in [2.05, 4.69) is 214 Å². The summed E-state index contributed by atoms with van der Waals surface area (Å²) in [4.78, 5) is 14.9. The molecule has 10 aromatic rings. The molecule has 5 heterocycles. The van der Waals surface area contributed by atoms with Crippen molar-refractivity contribution in [1.29, 1.82) is 0 Å². The van der Waals surface area contributed by atoms with Gasteiger partial charge < -0.3 is 15.2 Å². The van der Waals surface area contributed by atoms with Gasteiger partial charge in [-0.1, -0.05) is 152 Å². The number of amidine groups is 1. The Morgan fingerprint density at radius 2 is 1.21 bits per heavy atom. The Morgan fingerprint density at radius 1 is 0.508 bits per heavy atom. The van der Waals surface area contributed by atoms with E-state index in [1.807, 2.05) is 24.4 Å². The maximum Gasteiger partial charge on any atom is 0.134 e. The standard InChI is InChI=1S/C57H40N6/c1-2-10-42(11-3-1)57-61-53(36-54(62-57)41-25-29-45(30-26-41)63-55-15-6-4-12-46(55)47-13-5-7-16-56(47)63)38-19-17-37(18-20-38)43-23-21-39-27-31-48(59-51(39)34-43)44-24-22-40-28-32-50(60-52(40)35-44)49-14-8-9-33-58-49/h1-36,50,54,60H,(H,61,62). The first-order valence-electron chi connectivity index (χ1n) is 21.4. The fourth-order valence-corrected chi connectivity index (χ4v) is 9.08. The maximum absolute atomic E-state index is 5.19. The topological polar surface area (TPSA) is 67.1 Å². The van der Waals surface area contributed by atoms with Gasteiger partial charge in [-0.2, -0.15) is 0 Å². The van der Waals surface area contributed by atoms with Crippen molar-refractivity contribution in [3.8, 4) is 28.1 Å². The van der Waals surface area contributed by atoms with Crippen LogP contribution in [0.1, 0.15) is 40.0 Å². The highest BCUT2D eigenvalue weighted by Gasteiger charge is 2.21. The minimum atomic E-state index is -0.0787. The molecule has 2 aliphatic heterocycles. The Labute approximate surface area is 365 Å². The first-order chi connectivity index (χ1) is 31.2. The normalized spacial score (nSPS) is 15.7. The van der Waals surface area contributed by atoms with Gasteiger partial charge in [-0.25, -0.2) is 9.98 Å². The number of hydrogen-bond donors (Lipinski definition) is 2. The van der Waals surface area contributed by atoms with Gasteiger partial charge in [0.05, 0.1) is 45.7 Å².